The molecule has 2 N–H and O–H groups in total. The molecule has 2 aromatic carbocycles. The van der Waals surface area contributed by atoms with Crippen molar-refractivity contribution in [2.24, 2.45) is 5.92 Å². The van der Waals surface area contributed by atoms with Crippen LogP contribution in [0.25, 0.3) is 0 Å². The zero-order chi connectivity index (χ0) is 20.8. The second-order valence-corrected chi connectivity index (χ2v) is 7.87. The number of amides is 2. The highest BCUT2D eigenvalue weighted by atomic mass is 16.4. The zero-order valence-electron chi connectivity index (χ0n) is 17.0. The van der Waals surface area contributed by atoms with E-state index in [0.717, 1.165) is 19.6 Å². The van der Waals surface area contributed by atoms with Crippen LogP contribution in [0.4, 0.5) is 4.79 Å². The summed E-state index contributed by atoms with van der Waals surface area (Å²) in [5.74, 6) is -1.32. The molecule has 6 heteroatoms. The van der Waals surface area contributed by atoms with E-state index in [-0.39, 0.29) is 24.5 Å². The van der Waals surface area contributed by atoms with Gasteiger partial charge in [-0.05, 0) is 11.1 Å². The highest BCUT2D eigenvalue weighted by Gasteiger charge is 2.35. The Hall–Kier alpha value is -2.86. The Morgan fingerprint density at radius 1 is 1.10 bits per heavy atom. The predicted octanol–water partition coefficient (Wildman–Crippen LogP) is 3.02. The fourth-order valence-electron chi connectivity index (χ4n) is 3.88. The van der Waals surface area contributed by atoms with Crippen LogP contribution in [0.1, 0.15) is 24.0 Å². The highest BCUT2D eigenvalue weighted by Crippen LogP contribution is 2.29. The Morgan fingerprint density at radius 3 is 2.34 bits per heavy atom. The van der Waals surface area contributed by atoms with E-state index in [9.17, 15) is 9.59 Å². The molecule has 2 amide bonds. The summed E-state index contributed by atoms with van der Waals surface area (Å²) < 4.78 is 0. The third-order valence-corrected chi connectivity index (χ3v) is 5.50. The lowest BCUT2D eigenvalue weighted by atomic mass is 9.94. The van der Waals surface area contributed by atoms with Crippen LogP contribution in [0.5, 0.6) is 0 Å². The summed E-state index contributed by atoms with van der Waals surface area (Å²) in [6.07, 6.45) is 0. The summed E-state index contributed by atoms with van der Waals surface area (Å²) in [7, 11) is 1.64. The second kappa shape index (κ2) is 9.56. The molecule has 0 aliphatic carbocycles. The van der Waals surface area contributed by atoms with Crippen molar-refractivity contribution in [1.82, 2.24) is 15.1 Å². The van der Waals surface area contributed by atoms with Gasteiger partial charge in [0.2, 0.25) is 0 Å². The van der Waals surface area contributed by atoms with E-state index in [1.165, 1.54) is 16.0 Å². The average molecular weight is 396 g/mol. The van der Waals surface area contributed by atoms with Crippen molar-refractivity contribution in [3.05, 3.63) is 71.8 Å². The maximum atomic E-state index is 12.7. The summed E-state index contributed by atoms with van der Waals surface area (Å²) in [6, 6.07) is 20.3. The molecule has 1 aliphatic heterocycles. The van der Waals surface area contributed by atoms with Crippen LogP contribution in [0.2, 0.25) is 0 Å². The lowest BCUT2D eigenvalue weighted by Gasteiger charge is -2.25. The van der Waals surface area contributed by atoms with Crippen molar-refractivity contribution in [2.45, 2.75) is 25.4 Å². The molecule has 1 saturated heterocycles. The van der Waals surface area contributed by atoms with E-state index in [2.05, 4.69) is 34.5 Å². The van der Waals surface area contributed by atoms with Crippen LogP contribution >= 0.6 is 0 Å². The molecule has 3 atom stereocenters. The van der Waals surface area contributed by atoms with E-state index in [1.54, 1.807) is 14.0 Å². The number of benzene rings is 2. The number of urea groups is 1. The van der Waals surface area contributed by atoms with Gasteiger partial charge in [-0.15, -0.1) is 0 Å². The molecule has 0 aromatic heterocycles. The number of carbonyl (C=O) groups excluding carboxylic acids is 1. The predicted molar refractivity (Wildman–Crippen MR) is 113 cm³/mol. The summed E-state index contributed by atoms with van der Waals surface area (Å²) >= 11 is 0. The monoisotopic (exact) mass is 395 g/mol. The fourth-order valence-corrected chi connectivity index (χ4v) is 3.88. The number of carboxylic acid groups (broad SMARTS) is 1. The van der Waals surface area contributed by atoms with E-state index in [4.69, 9.17) is 5.11 Å². The minimum atomic E-state index is -0.901. The van der Waals surface area contributed by atoms with Crippen molar-refractivity contribution in [1.29, 1.82) is 0 Å². The molecule has 1 heterocycles. The summed E-state index contributed by atoms with van der Waals surface area (Å²) in [6.45, 7) is 4.23. The maximum absolute atomic E-state index is 12.7. The second-order valence-electron chi connectivity index (χ2n) is 7.87. The molecule has 0 spiro atoms. The molecule has 6 nitrogen and oxygen atoms in total. The summed E-state index contributed by atoms with van der Waals surface area (Å²) in [5, 5.41) is 12.2. The van der Waals surface area contributed by atoms with Crippen LogP contribution < -0.4 is 5.32 Å². The smallest absolute Gasteiger partial charge is 0.317 e. The minimum absolute atomic E-state index is 0.0313. The Kier molecular flexibility index (Phi) is 6.88. The molecule has 29 heavy (non-hydrogen) atoms. The molecule has 1 fully saturated rings. The number of rotatable bonds is 7. The van der Waals surface area contributed by atoms with Gasteiger partial charge in [0.05, 0.1) is 12.0 Å². The molecule has 3 rings (SSSR count). The Labute approximate surface area is 172 Å². The average Bonchev–Trinajstić information content (AvgIpc) is 3.11. The topological polar surface area (TPSA) is 72.9 Å². The Bertz CT molecular complexity index is 813. The molecular formula is C23H29N3O3. The zero-order valence-corrected chi connectivity index (χ0v) is 17.0. The normalized spacial score (nSPS) is 20.2. The minimum Gasteiger partial charge on any atom is -0.481 e. The van der Waals surface area contributed by atoms with Gasteiger partial charge in [0.1, 0.15) is 0 Å². The van der Waals surface area contributed by atoms with Gasteiger partial charge < -0.3 is 15.3 Å². The van der Waals surface area contributed by atoms with Crippen LogP contribution in [-0.2, 0) is 11.3 Å². The van der Waals surface area contributed by atoms with E-state index in [0.29, 0.717) is 0 Å². The molecule has 0 saturated carbocycles. The number of carboxylic acids is 1. The van der Waals surface area contributed by atoms with Crippen molar-refractivity contribution in [3.8, 4) is 0 Å². The number of hydrogen-bond donors (Lipinski definition) is 2. The van der Waals surface area contributed by atoms with Crippen LogP contribution in [0.15, 0.2) is 60.7 Å². The quantitative estimate of drug-likeness (QED) is 0.756. The molecule has 0 bridgehead atoms. The van der Waals surface area contributed by atoms with Gasteiger partial charge >= 0.3 is 12.0 Å². The standard InChI is InChI=1S/C23H29N3O3/c1-17(22(27)28)13-25(2)23(29)24-21-16-26(14-18-9-5-3-6-10-18)15-20(21)19-11-7-4-8-12-19/h3-12,17,20-21H,13-16H2,1-2H3,(H,24,29)(H,27,28)/t17?,20-,21+/m0/s1. The molecular weight excluding hydrogens is 366 g/mol. The summed E-state index contributed by atoms with van der Waals surface area (Å²) in [5.41, 5.74) is 2.45. The first-order valence-electron chi connectivity index (χ1n) is 9.99. The van der Waals surface area contributed by atoms with Gasteiger partial charge in [-0.1, -0.05) is 67.6 Å². The molecule has 1 unspecified atom stereocenters. The number of carbonyl (C=O) groups is 2. The Balaban J connectivity index is 1.69. The van der Waals surface area contributed by atoms with E-state index in [1.807, 2.05) is 36.4 Å². The lowest BCUT2D eigenvalue weighted by molar-refractivity contribution is -0.141. The molecule has 154 valence electrons. The van der Waals surface area contributed by atoms with Crippen molar-refractivity contribution in [3.63, 3.8) is 0 Å². The van der Waals surface area contributed by atoms with Gasteiger partial charge in [0.25, 0.3) is 0 Å². The fraction of sp³-hybridized carbons (Fsp3) is 0.391. The van der Waals surface area contributed by atoms with Gasteiger partial charge in [-0.2, -0.15) is 0 Å². The third kappa shape index (κ3) is 5.57. The third-order valence-electron chi connectivity index (χ3n) is 5.50. The van der Waals surface area contributed by atoms with Crippen molar-refractivity contribution < 1.29 is 14.7 Å². The first-order chi connectivity index (χ1) is 13.9. The first kappa shape index (κ1) is 20.9. The van der Waals surface area contributed by atoms with Crippen LogP contribution in [0.3, 0.4) is 0 Å². The number of likely N-dealkylation sites (tertiary alicyclic amines) is 1. The van der Waals surface area contributed by atoms with Gasteiger partial charge in [-0.3, -0.25) is 9.69 Å². The van der Waals surface area contributed by atoms with Crippen molar-refractivity contribution >= 4 is 12.0 Å². The van der Waals surface area contributed by atoms with E-state index >= 15 is 0 Å². The molecule has 1 aliphatic rings. The van der Waals surface area contributed by atoms with Gasteiger partial charge in [0, 0.05) is 39.1 Å². The lowest BCUT2D eigenvalue weighted by Crippen LogP contribution is -2.47. The number of aliphatic carboxylic acids is 1. The van der Waals surface area contributed by atoms with Gasteiger partial charge in [0.15, 0.2) is 0 Å². The molecule has 0 radical (unpaired) electrons. The largest absolute Gasteiger partial charge is 0.481 e. The van der Waals surface area contributed by atoms with E-state index < -0.39 is 11.9 Å². The number of nitrogens with zero attached hydrogens (tertiary/aromatic N) is 2. The maximum Gasteiger partial charge on any atom is 0.317 e. The number of nitrogens with one attached hydrogen (secondary N) is 1. The molecule has 2 aromatic rings. The highest BCUT2D eigenvalue weighted by molar-refractivity contribution is 5.76. The van der Waals surface area contributed by atoms with Crippen molar-refractivity contribution in [2.75, 3.05) is 26.7 Å². The van der Waals surface area contributed by atoms with Crippen LogP contribution in [-0.4, -0.2) is 59.6 Å². The van der Waals surface area contributed by atoms with Gasteiger partial charge in [-0.25, -0.2) is 4.79 Å². The SMILES string of the molecule is CC(CN(C)C(=O)N[C@@H]1CN(Cc2ccccc2)C[C@H]1c1ccccc1)C(=O)O. The summed E-state index contributed by atoms with van der Waals surface area (Å²) in [4.78, 5) is 27.6. The number of hydrogen-bond acceptors (Lipinski definition) is 3. The first-order valence-corrected chi connectivity index (χ1v) is 9.99. The Morgan fingerprint density at radius 2 is 1.72 bits per heavy atom. The van der Waals surface area contributed by atoms with Crippen LogP contribution in [0, 0.1) is 5.92 Å².